The molecule has 7 fully saturated rings. The summed E-state index contributed by atoms with van der Waals surface area (Å²) in [5.74, 6) is 0.431. The lowest BCUT2D eigenvalue weighted by Crippen LogP contribution is -2.63. The van der Waals surface area contributed by atoms with Gasteiger partial charge in [0.15, 0.2) is 12.6 Å². The third-order valence-electron chi connectivity index (χ3n) is 17.1. The summed E-state index contributed by atoms with van der Waals surface area (Å²) >= 11 is 0. The summed E-state index contributed by atoms with van der Waals surface area (Å²) < 4.78 is 24.9. The topological polar surface area (TPSA) is 219 Å². The van der Waals surface area contributed by atoms with Crippen molar-refractivity contribution in [2.24, 2.45) is 50.7 Å². The van der Waals surface area contributed by atoms with Crippen LogP contribution in [0.15, 0.2) is 11.6 Å². The number of hydrogen-bond donors (Lipinski definition) is 9. The molecule has 55 heavy (non-hydrogen) atoms. The van der Waals surface area contributed by atoms with Crippen LogP contribution in [-0.4, -0.2) is 139 Å². The van der Waals surface area contributed by atoms with Crippen LogP contribution in [0.3, 0.4) is 0 Å². The molecule has 0 aromatic heterocycles. The Morgan fingerprint density at radius 3 is 1.89 bits per heavy atom. The van der Waals surface area contributed by atoms with Gasteiger partial charge in [0.1, 0.15) is 48.8 Å². The first-order valence-corrected chi connectivity index (χ1v) is 21.0. The van der Waals surface area contributed by atoms with E-state index in [0.29, 0.717) is 19.3 Å². The minimum absolute atomic E-state index is 0.00438. The average Bonchev–Trinajstić information content (AvgIpc) is 3.71. The Bertz CT molecular complexity index is 1420. The molecule has 0 aromatic carbocycles. The number of fused-ring (bicyclic) bond motifs is 2. The first-order valence-electron chi connectivity index (χ1n) is 21.0. The summed E-state index contributed by atoms with van der Waals surface area (Å²) in [6.07, 6.45) is -5.00. The summed E-state index contributed by atoms with van der Waals surface area (Å²) in [6, 6.07) is 0. The SMILES string of the molecule is CC(C)=CCC[C@@H](C)[C@H]1[C@@H](O[C@@H]2O[C@H](CO)[C@@H](O)[C@H](O)[C@H]2O)C[C@@]2(C)[C@@H]3C[C@@H](O)[C@H]4C(C)(C)[C@@H](O[C@@H]5O[C@H](CO)[C@@H](O)[C@H](O)[C@H]5O)CC[C@@]45C[C@@]35CC[C@]12C. The Balaban J connectivity index is 1.17. The molecule has 0 aromatic rings. The van der Waals surface area contributed by atoms with Crippen LogP contribution in [0, 0.1) is 50.7 Å². The lowest BCUT2D eigenvalue weighted by molar-refractivity contribution is -0.329. The maximum atomic E-state index is 12.4. The van der Waals surface area contributed by atoms with Crippen LogP contribution in [0.5, 0.6) is 0 Å². The van der Waals surface area contributed by atoms with Crippen molar-refractivity contribution in [1.29, 1.82) is 0 Å². The van der Waals surface area contributed by atoms with Gasteiger partial charge in [0.25, 0.3) is 0 Å². The van der Waals surface area contributed by atoms with E-state index in [1.54, 1.807) is 0 Å². The molecule has 5 aliphatic carbocycles. The van der Waals surface area contributed by atoms with Crippen molar-refractivity contribution >= 4 is 0 Å². The minimum atomic E-state index is -1.53. The Hall–Kier alpha value is -0.780. The number of rotatable bonds is 10. The Kier molecular flexibility index (Phi) is 11.4. The summed E-state index contributed by atoms with van der Waals surface area (Å²) in [5, 5.41) is 96.0. The lowest BCUT2D eigenvalue weighted by Gasteiger charge is -2.64. The zero-order chi connectivity index (χ0) is 40.2. The second kappa shape index (κ2) is 14.7. The zero-order valence-corrected chi connectivity index (χ0v) is 33.8. The highest BCUT2D eigenvalue weighted by Gasteiger charge is 2.84. The van der Waals surface area contributed by atoms with Gasteiger partial charge < -0.3 is 64.9 Å². The molecular weight excluding hydrogens is 712 g/mol. The highest BCUT2D eigenvalue weighted by Crippen LogP contribution is 2.89. The van der Waals surface area contributed by atoms with Crippen LogP contribution in [0.2, 0.25) is 0 Å². The van der Waals surface area contributed by atoms with Gasteiger partial charge in [-0.3, -0.25) is 0 Å². The Morgan fingerprint density at radius 2 is 1.33 bits per heavy atom. The second-order valence-corrected chi connectivity index (χ2v) is 20.3. The third-order valence-corrected chi connectivity index (χ3v) is 17.1. The molecule has 13 heteroatoms. The van der Waals surface area contributed by atoms with E-state index in [0.717, 1.165) is 38.5 Å². The van der Waals surface area contributed by atoms with Gasteiger partial charge in [-0.1, -0.05) is 46.3 Å². The molecule has 316 valence electrons. The molecule has 7 aliphatic rings. The van der Waals surface area contributed by atoms with E-state index in [-0.39, 0.29) is 51.4 Å². The number of aliphatic hydroxyl groups is 9. The van der Waals surface area contributed by atoms with E-state index in [2.05, 4.69) is 54.5 Å². The van der Waals surface area contributed by atoms with Gasteiger partial charge in [-0.15, -0.1) is 0 Å². The van der Waals surface area contributed by atoms with Crippen LogP contribution in [0.4, 0.5) is 0 Å². The summed E-state index contributed by atoms with van der Waals surface area (Å²) in [4.78, 5) is 0. The second-order valence-electron chi connectivity index (χ2n) is 20.3. The van der Waals surface area contributed by atoms with E-state index >= 15 is 0 Å². The number of ether oxygens (including phenoxy) is 4. The molecule has 0 radical (unpaired) electrons. The van der Waals surface area contributed by atoms with E-state index < -0.39 is 92.2 Å². The van der Waals surface area contributed by atoms with E-state index in [1.165, 1.54) is 5.57 Å². The fourth-order valence-corrected chi connectivity index (χ4v) is 14.3. The van der Waals surface area contributed by atoms with Gasteiger partial charge in [0.2, 0.25) is 0 Å². The fraction of sp³-hybridized carbons (Fsp3) is 0.952. The fourth-order valence-electron chi connectivity index (χ4n) is 14.3. The highest BCUT2D eigenvalue weighted by molar-refractivity contribution is 5.32. The molecule has 0 amide bonds. The van der Waals surface area contributed by atoms with Gasteiger partial charge >= 0.3 is 0 Å². The third kappa shape index (κ3) is 6.27. The first-order chi connectivity index (χ1) is 25.7. The Morgan fingerprint density at radius 1 is 0.745 bits per heavy atom. The molecule has 2 heterocycles. The molecule has 5 saturated carbocycles. The summed E-state index contributed by atoms with van der Waals surface area (Å²) in [6.45, 7) is 14.5. The van der Waals surface area contributed by atoms with Crippen LogP contribution < -0.4 is 0 Å². The minimum Gasteiger partial charge on any atom is -0.394 e. The van der Waals surface area contributed by atoms with Gasteiger partial charge in [-0.05, 0) is 122 Å². The molecule has 9 N–H and O–H groups in total. The smallest absolute Gasteiger partial charge is 0.186 e. The normalized spacial score (nSPS) is 54.7. The van der Waals surface area contributed by atoms with Gasteiger partial charge in [0, 0.05) is 0 Å². The predicted octanol–water partition coefficient (Wildman–Crippen LogP) is 1.76. The molecule has 0 bridgehead atoms. The van der Waals surface area contributed by atoms with Crippen LogP contribution in [-0.2, 0) is 18.9 Å². The molecule has 2 saturated heterocycles. The van der Waals surface area contributed by atoms with Crippen LogP contribution >= 0.6 is 0 Å². The molecule has 13 nitrogen and oxygen atoms in total. The molecular formula is C42H70O13. The van der Waals surface area contributed by atoms with Crippen molar-refractivity contribution in [2.45, 2.75) is 186 Å². The summed E-state index contributed by atoms with van der Waals surface area (Å²) in [7, 11) is 0. The highest BCUT2D eigenvalue weighted by atomic mass is 16.7. The van der Waals surface area contributed by atoms with Crippen molar-refractivity contribution in [1.82, 2.24) is 0 Å². The average molecular weight is 783 g/mol. The number of allylic oxidation sites excluding steroid dienone is 2. The monoisotopic (exact) mass is 782 g/mol. The molecule has 2 spiro atoms. The molecule has 2 aliphatic heterocycles. The largest absolute Gasteiger partial charge is 0.394 e. The molecule has 7 rings (SSSR count). The Labute approximate surface area is 326 Å². The standard InChI is InChI=1S/C42H70O13/c1-20(2)9-8-10-21(3)28-23(52-36-33(50)31(48)29(46)24(17-43)53-36)16-40(7)26-15-22(45)35-38(4,5)27(55-37-34(51)32(49)30(47)25(18-44)54-37)11-12-42(35)19-41(26,42)14-13-39(28,40)6/h9,21-37,43-51H,8,10-19H2,1-7H3/t21-,22-,23+,24-,25-,26+,27+,28+,29-,30-,31+,32+,33-,34-,35+,36-,37+,39-,40+,41+,42-/m1/s1. The van der Waals surface area contributed by atoms with Crippen LogP contribution in [0.1, 0.15) is 106 Å². The van der Waals surface area contributed by atoms with Gasteiger partial charge in [0.05, 0.1) is 31.5 Å². The number of aliphatic hydroxyl groups excluding tert-OH is 9. The van der Waals surface area contributed by atoms with E-state index in [4.69, 9.17) is 18.9 Å². The molecule has 0 unspecified atom stereocenters. The summed E-state index contributed by atoms with van der Waals surface area (Å²) in [5.41, 5.74) is 0.205. The van der Waals surface area contributed by atoms with Crippen molar-refractivity contribution in [3.05, 3.63) is 11.6 Å². The quantitative estimate of drug-likeness (QED) is 0.114. The van der Waals surface area contributed by atoms with Crippen LogP contribution in [0.25, 0.3) is 0 Å². The zero-order valence-electron chi connectivity index (χ0n) is 33.8. The van der Waals surface area contributed by atoms with Crippen molar-refractivity contribution in [2.75, 3.05) is 13.2 Å². The first kappa shape index (κ1) is 42.3. The van der Waals surface area contributed by atoms with E-state index in [9.17, 15) is 46.0 Å². The van der Waals surface area contributed by atoms with Crippen molar-refractivity contribution in [3.63, 3.8) is 0 Å². The maximum absolute atomic E-state index is 12.4. The lowest BCUT2D eigenvalue weighted by atomic mass is 9.41. The molecule has 21 atom stereocenters. The predicted molar refractivity (Wildman–Crippen MR) is 199 cm³/mol. The van der Waals surface area contributed by atoms with Gasteiger partial charge in [-0.2, -0.15) is 0 Å². The van der Waals surface area contributed by atoms with E-state index in [1.807, 2.05) is 0 Å². The maximum Gasteiger partial charge on any atom is 0.186 e. The van der Waals surface area contributed by atoms with Crippen molar-refractivity contribution in [3.8, 4) is 0 Å². The van der Waals surface area contributed by atoms with Crippen molar-refractivity contribution < 1.29 is 64.9 Å². The number of hydrogen-bond acceptors (Lipinski definition) is 13. The van der Waals surface area contributed by atoms with Gasteiger partial charge in [-0.25, -0.2) is 0 Å².